The number of fused-ring (bicyclic) bond motifs is 1. The van der Waals surface area contributed by atoms with Gasteiger partial charge in [0.05, 0.1) is 16.0 Å². The molecule has 140 valence electrons. The Morgan fingerprint density at radius 2 is 2.19 bits per heavy atom. The molecule has 0 aliphatic heterocycles. The van der Waals surface area contributed by atoms with Crippen LogP contribution in [0.2, 0.25) is 5.02 Å². The van der Waals surface area contributed by atoms with Gasteiger partial charge >= 0.3 is 0 Å². The zero-order valence-electron chi connectivity index (χ0n) is 14.9. The highest BCUT2D eigenvalue weighted by atomic mass is 35.5. The molecule has 2 aromatic rings. The van der Waals surface area contributed by atoms with Crippen LogP contribution in [0.3, 0.4) is 0 Å². The summed E-state index contributed by atoms with van der Waals surface area (Å²) >= 11 is 12.7. The first-order valence-corrected chi connectivity index (χ1v) is 10.4. The topological polar surface area (TPSA) is 62.1 Å². The maximum atomic E-state index is 12.3. The highest BCUT2D eigenvalue weighted by Crippen LogP contribution is 2.35. The second kappa shape index (κ2) is 8.83. The Kier molecular flexibility index (Phi) is 6.48. The van der Waals surface area contributed by atoms with Crippen LogP contribution >= 0.6 is 35.2 Å². The Morgan fingerprint density at radius 1 is 1.41 bits per heavy atom. The van der Waals surface area contributed by atoms with Gasteiger partial charge in [0.15, 0.2) is 0 Å². The van der Waals surface area contributed by atoms with E-state index in [-0.39, 0.29) is 5.91 Å². The third-order valence-electron chi connectivity index (χ3n) is 4.50. The van der Waals surface area contributed by atoms with Gasteiger partial charge in [0, 0.05) is 11.4 Å². The summed E-state index contributed by atoms with van der Waals surface area (Å²) < 4.78 is 6.44. The molecule has 0 saturated heterocycles. The number of nitrogens with zero attached hydrogens (tertiary/aromatic N) is 1. The average Bonchev–Trinajstić information content (AvgIpc) is 3.12. The lowest BCUT2D eigenvalue weighted by Gasteiger charge is -2.11. The number of carbonyl (C=O) groups is 1. The molecular formula is C20H19ClN2O2S2. The second-order valence-electron chi connectivity index (χ2n) is 6.43. The van der Waals surface area contributed by atoms with Crippen LogP contribution in [0, 0.1) is 22.1 Å². The van der Waals surface area contributed by atoms with E-state index < -0.39 is 0 Å². The minimum Gasteiger partial charge on any atom is -0.494 e. The van der Waals surface area contributed by atoms with E-state index in [2.05, 4.69) is 11.4 Å². The van der Waals surface area contributed by atoms with Crippen molar-refractivity contribution in [1.82, 2.24) is 0 Å². The van der Waals surface area contributed by atoms with Crippen molar-refractivity contribution in [3.8, 4) is 11.8 Å². The summed E-state index contributed by atoms with van der Waals surface area (Å²) in [7, 11) is 0. The molecule has 0 fully saturated rings. The van der Waals surface area contributed by atoms with Crippen LogP contribution in [0.25, 0.3) is 0 Å². The van der Waals surface area contributed by atoms with Gasteiger partial charge in [-0.3, -0.25) is 4.79 Å². The minimum atomic E-state index is -0.133. The summed E-state index contributed by atoms with van der Waals surface area (Å²) in [6.45, 7) is 2.35. The van der Waals surface area contributed by atoms with Crippen molar-refractivity contribution in [2.24, 2.45) is 0 Å². The van der Waals surface area contributed by atoms with E-state index in [0.717, 1.165) is 45.5 Å². The molecule has 3 rings (SSSR count). The standard InChI is InChI=1S/C20H19ClN2O2S2/c1-12-10-13(7-8-17(12)21)25-9-3-6-18(24)23-19-16(11-22)14-4-2-5-15(14)20(26)27-19/h7-8,10H,2-6,9H2,1H3,(H,23,24). The fourth-order valence-electron chi connectivity index (χ4n) is 3.11. The van der Waals surface area contributed by atoms with Crippen LogP contribution < -0.4 is 10.1 Å². The first kappa shape index (κ1) is 19.8. The van der Waals surface area contributed by atoms with E-state index in [1.54, 1.807) is 6.07 Å². The molecule has 1 N–H and O–H groups in total. The minimum absolute atomic E-state index is 0.133. The van der Waals surface area contributed by atoms with Gasteiger partial charge in [-0.25, -0.2) is 0 Å². The molecule has 0 spiro atoms. The number of hydrogen-bond donors (Lipinski definition) is 1. The summed E-state index contributed by atoms with van der Waals surface area (Å²) in [5.41, 5.74) is 3.64. The molecule has 1 aromatic carbocycles. The van der Waals surface area contributed by atoms with E-state index in [4.69, 9.17) is 28.6 Å². The van der Waals surface area contributed by atoms with Gasteiger partial charge in [-0.15, -0.1) is 11.3 Å². The first-order valence-electron chi connectivity index (χ1n) is 8.77. The predicted molar refractivity (Wildman–Crippen MR) is 111 cm³/mol. The van der Waals surface area contributed by atoms with Gasteiger partial charge in [-0.05, 0) is 67.5 Å². The maximum absolute atomic E-state index is 12.3. The van der Waals surface area contributed by atoms with E-state index >= 15 is 0 Å². The van der Waals surface area contributed by atoms with Crippen molar-refractivity contribution in [1.29, 1.82) is 5.26 Å². The molecule has 1 heterocycles. The van der Waals surface area contributed by atoms with Gasteiger partial charge in [-0.2, -0.15) is 5.26 Å². The summed E-state index contributed by atoms with van der Waals surface area (Å²) in [5, 5.41) is 13.6. The highest BCUT2D eigenvalue weighted by molar-refractivity contribution is 7.73. The van der Waals surface area contributed by atoms with Crippen molar-refractivity contribution >= 4 is 46.1 Å². The lowest BCUT2D eigenvalue weighted by molar-refractivity contribution is -0.116. The summed E-state index contributed by atoms with van der Waals surface area (Å²) in [5.74, 6) is 0.603. The number of rotatable bonds is 6. The molecule has 0 atom stereocenters. The summed E-state index contributed by atoms with van der Waals surface area (Å²) in [4.78, 5) is 12.3. The summed E-state index contributed by atoms with van der Waals surface area (Å²) in [6, 6.07) is 7.72. The Balaban J connectivity index is 1.56. The number of benzene rings is 1. The molecule has 1 aliphatic carbocycles. The van der Waals surface area contributed by atoms with Gasteiger partial charge in [0.1, 0.15) is 16.8 Å². The average molecular weight is 419 g/mol. The van der Waals surface area contributed by atoms with Gasteiger partial charge < -0.3 is 10.1 Å². The molecule has 1 aliphatic rings. The van der Waals surface area contributed by atoms with Crippen molar-refractivity contribution in [3.05, 3.63) is 49.3 Å². The number of nitrogens with one attached hydrogen (secondary N) is 1. The zero-order valence-corrected chi connectivity index (χ0v) is 17.3. The molecule has 1 aromatic heterocycles. The fourth-order valence-corrected chi connectivity index (χ4v) is 4.67. The van der Waals surface area contributed by atoms with Crippen LogP contribution in [-0.4, -0.2) is 12.5 Å². The number of nitriles is 1. The number of ether oxygens (including phenoxy) is 1. The third-order valence-corrected chi connectivity index (χ3v) is 6.36. The lowest BCUT2D eigenvalue weighted by atomic mass is 10.1. The van der Waals surface area contributed by atoms with Crippen LogP contribution in [-0.2, 0) is 17.6 Å². The molecule has 4 nitrogen and oxygen atoms in total. The van der Waals surface area contributed by atoms with Crippen molar-refractivity contribution < 1.29 is 9.53 Å². The van der Waals surface area contributed by atoms with Crippen LogP contribution in [0.5, 0.6) is 5.75 Å². The molecule has 0 bridgehead atoms. The monoisotopic (exact) mass is 418 g/mol. The Labute approximate surface area is 172 Å². The Morgan fingerprint density at radius 3 is 2.93 bits per heavy atom. The van der Waals surface area contributed by atoms with E-state index in [1.165, 1.54) is 11.3 Å². The van der Waals surface area contributed by atoms with Gasteiger partial charge in [0.2, 0.25) is 5.91 Å². The number of halogens is 1. The third kappa shape index (κ3) is 4.67. The van der Waals surface area contributed by atoms with Crippen molar-refractivity contribution in [2.45, 2.75) is 39.0 Å². The zero-order chi connectivity index (χ0) is 19.4. The predicted octanol–water partition coefficient (Wildman–Crippen LogP) is 5.60. The second-order valence-corrected chi connectivity index (χ2v) is 8.52. The quantitative estimate of drug-likeness (QED) is 0.490. The molecule has 0 saturated carbocycles. The number of amides is 1. The molecule has 1 amide bonds. The largest absolute Gasteiger partial charge is 0.494 e. The van der Waals surface area contributed by atoms with Crippen LogP contribution in [0.4, 0.5) is 5.00 Å². The first-order chi connectivity index (χ1) is 13.0. The molecule has 0 radical (unpaired) electrons. The number of carbonyl (C=O) groups excluding carboxylic acids is 1. The van der Waals surface area contributed by atoms with Crippen molar-refractivity contribution in [2.75, 3.05) is 11.9 Å². The smallest absolute Gasteiger partial charge is 0.225 e. The highest BCUT2D eigenvalue weighted by Gasteiger charge is 2.21. The lowest BCUT2D eigenvalue weighted by Crippen LogP contribution is -2.14. The molecule has 7 heteroatoms. The number of anilines is 1. The molecule has 0 unspecified atom stereocenters. The summed E-state index contributed by atoms with van der Waals surface area (Å²) in [6.07, 6.45) is 3.68. The van der Waals surface area contributed by atoms with Gasteiger partial charge in [-0.1, -0.05) is 23.8 Å². The normalized spacial score (nSPS) is 12.3. The Hall–Kier alpha value is -1.94. The number of hydrogen-bond acceptors (Lipinski definition) is 5. The van der Waals surface area contributed by atoms with E-state index in [9.17, 15) is 10.1 Å². The number of aryl methyl sites for hydroxylation is 1. The SMILES string of the molecule is Cc1cc(OCCCC(=O)Nc2sc(=S)c3c(c2C#N)CCC3)ccc1Cl. The molecular weight excluding hydrogens is 400 g/mol. The van der Waals surface area contributed by atoms with Gasteiger partial charge in [0.25, 0.3) is 0 Å². The fraction of sp³-hybridized carbons (Fsp3) is 0.350. The van der Waals surface area contributed by atoms with E-state index in [1.807, 2.05) is 19.1 Å². The van der Waals surface area contributed by atoms with Crippen molar-refractivity contribution in [3.63, 3.8) is 0 Å². The van der Waals surface area contributed by atoms with E-state index in [0.29, 0.717) is 35.0 Å². The Bertz CT molecular complexity index is 979. The van der Waals surface area contributed by atoms with Crippen LogP contribution in [0.1, 0.15) is 41.5 Å². The van der Waals surface area contributed by atoms with Crippen LogP contribution in [0.15, 0.2) is 18.2 Å². The molecule has 27 heavy (non-hydrogen) atoms. The maximum Gasteiger partial charge on any atom is 0.225 e.